The Balaban J connectivity index is 2.03. The van der Waals surface area contributed by atoms with Crippen molar-refractivity contribution in [2.75, 3.05) is 13.1 Å². The summed E-state index contributed by atoms with van der Waals surface area (Å²) in [6.45, 7) is 2.12. The molecule has 0 aliphatic rings. The third-order valence-corrected chi connectivity index (χ3v) is 1.60. The minimum Gasteiger partial charge on any atom is -0.478 e. The van der Waals surface area contributed by atoms with E-state index in [0.717, 1.165) is 19.2 Å². The summed E-state index contributed by atoms with van der Waals surface area (Å²) in [5.41, 5.74) is 0. The Labute approximate surface area is 82.0 Å². The topological polar surface area (TPSA) is 67.2 Å². The van der Waals surface area contributed by atoms with Crippen LogP contribution in [0.4, 0.5) is 0 Å². The second-order valence-electron chi connectivity index (χ2n) is 2.71. The summed E-state index contributed by atoms with van der Waals surface area (Å²) >= 11 is 0. The molecule has 0 bridgehead atoms. The van der Waals surface area contributed by atoms with Crippen LogP contribution in [0, 0.1) is 0 Å². The molecule has 2 N–H and O–H groups in total. The number of carboxylic acid groups (broad SMARTS) is 1. The zero-order valence-electron chi connectivity index (χ0n) is 7.76. The number of aliphatic carboxylic acids is 1. The van der Waals surface area contributed by atoms with Gasteiger partial charge in [0.2, 0.25) is 0 Å². The number of hydrogen-bond donors (Lipinski definition) is 2. The second-order valence-corrected chi connectivity index (χ2v) is 2.71. The number of carboxylic acids is 1. The van der Waals surface area contributed by atoms with Crippen molar-refractivity contribution in [1.82, 2.24) is 15.1 Å². The number of aromatic nitrogens is 2. The van der Waals surface area contributed by atoms with Crippen LogP contribution < -0.4 is 5.32 Å². The van der Waals surface area contributed by atoms with Crippen molar-refractivity contribution in [1.29, 1.82) is 0 Å². The van der Waals surface area contributed by atoms with Gasteiger partial charge in [0.15, 0.2) is 0 Å². The Morgan fingerprint density at radius 3 is 3.14 bits per heavy atom. The van der Waals surface area contributed by atoms with Crippen LogP contribution in [0.3, 0.4) is 0 Å². The molecule has 0 spiro atoms. The van der Waals surface area contributed by atoms with Crippen molar-refractivity contribution in [3.8, 4) is 0 Å². The minimum absolute atomic E-state index is 0.563. The monoisotopic (exact) mass is 195 g/mol. The fourth-order valence-electron chi connectivity index (χ4n) is 0.971. The standard InChI is InChI=1S/C9H13N3O2/c13-9(14)3-1-4-10-6-8-12-7-2-5-11-12/h1-3,5,7,10H,4,6,8H2,(H,13,14)/b3-1+. The van der Waals surface area contributed by atoms with Crippen LogP contribution >= 0.6 is 0 Å². The zero-order chi connectivity index (χ0) is 10.2. The van der Waals surface area contributed by atoms with Crippen LogP contribution in [0.15, 0.2) is 30.6 Å². The first-order chi connectivity index (χ1) is 6.79. The molecule has 76 valence electrons. The van der Waals surface area contributed by atoms with E-state index in [2.05, 4.69) is 10.4 Å². The Kier molecular flexibility index (Phi) is 4.43. The SMILES string of the molecule is O=C(O)/C=C/CNCCn1cccn1. The normalized spacial score (nSPS) is 10.9. The van der Waals surface area contributed by atoms with Crippen LogP contribution in [0.5, 0.6) is 0 Å². The number of rotatable bonds is 6. The second kappa shape index (κ2) is 5.93. The van der Waals surface area contributed by atoms with Crippen molar-refractivity contribution in [2.24, 2.45) is 0 Å². The summed E-state index contributed by atoms with van der Waals surface area (Å²) in [6, 6.07) is 1.87. The third kappa shape index (κ3) is 4.42. The van der Waals surface area contributed by atoms with Gasteiger partial charge in [-0.15, -0.1) is 0 Å². The summed E-state index contributed by atoms with van der Waals surface area (Å²) in [5, 5.41) is 15.4. The van der Waals surface area contributed by atoms with E-state index in [1.54, 1.807) is 12.3 Å². The molecule has 0 aromatic carbocycles. The molecule has 0 aliphatic carbocycles. The maximum absolute atomic E-state index is 10.1. The van der Waals surface area contributed by atoms with Crippen LogP contribution in [0.1, 0.15) is 0 Å². The summed E-state index contributed by atoms with van der Waals surface area (Å²) in [6.07, 6.45) is 6.31. The molecule has 1 heterocycles. The fourth-order valence-corrected chi connectivity index (χ4v) is 0.971. The first-order valence-electron chi connectivity index (χ1n) is 4.36. The van der Waals surface area contributed by atoms with Gasteiger partial charge in [-0.1, -0.05) is 6.08 Å². The van der Waals surface area contributed by atoms with Crippen molar-refractivity contribution < 1.29 is 9.90 Å². The Hall–Kier alpha value is -1.62. The first kappa shape index (κ1) is 10.5. The van der Waals surface area contributed by atoms with E-state index in [1.807, 2.05) is 16.9 Å². The largest absolute Gasteiger partial charge is 0.478 e. The average Bonchev–Trinajstić information content (AvgIpc) is 2.63. The molecule has 14 heavy (non-hydrogen) atoms. The quantitative estimate of drug-likeness (QED) is 0.499. The van der Waals surface area contributed by atoms with Gasteiger partial charge in [-0.05, 0) is 6.07 Å². The van der Waals surface area contributed by atoms with E-state index in [4.69, 9.17) is 5.11 Å². The molecule has 0 saturated carbocycles. The number of nitrogens with zero attached hydrogens (tertiary/aromatic N) is 2. The third-order valence-electron chi connectivity index (χ3n) is 1.60. The lowest BCUT2D eigenvalue weighted by Gasteiger charge is -2.01. The van der Waals surface area contributed by atoms with Gasteiger partial charge in [0.1, 0.15) is 0 Å². The summed E-state index contributed by atoms with van der Waals surface area (Å²) < 4.78 is 1.81. The minimum atomic E-state index is -0.918. The van der Waals surface area contributed by atoms with Gasteiger partial charge in [-0.25, -0.2) is 4.79 Å². The van der Waals surface area contributed by atoms with Gasteiger partial charge in [0.25, 0.3) is 0 Å². The van der Waals surface area contributed by atoms with Gasteiger partial charge in [0.05, 0.1) is 6.54 Å². The number of nitrogens with one attached hydrogen (secondary N) is 1. The van der Waals surface area contributed by atoms with E-state index >= 15 is 0 Å². The van der Waals surface area contributed by atoms with E-state index in [1.165, 1.54) is 0 Å². The molecule has 5 heteroatoms. The molecular formula is C9H13N3O2. The molecule has 0 saturated heterocycles. The van der Waals surface area contributed by atoms with Crippen LogP contribution in [0.2, 0.25) is 0 Å². The zero-order valence-corrected chi connectivity index (χ0v) is 7.76. The molecule has 0 fully saturated rings. The lowest BCUT2D eigenvalue weighted by molar-refractivity contribution is -0.131. The molecule has 0 atom stereocenters. The van der Waals surface area contributed by atoms with Gasteiger partial charge in [-0.3, -0.25) is 4.68 Å². The molecule has 0 radical (unpaired) electrons. The number of carbonyl (C=O) groups is 1. The molecule has 5 nitrogen and oxygen atoms in total. The molecule has 0 aliphatic heterocycles. The maximum atomic E-state index is 10.1. The van der Waals surface area contributed by atoms with Crippen molar-refractivity contribution in [3.63, 3.8) is 0 Å². The average molecular weight is 195 g/mol. The Morgan fingerprint density at radius 2 is 2.50 bits per heavy atom. The van der Waals surface area contributed by atoms with E-state index < -0.39 is 5.97 Å². The molecule has 1 rings (SSSR count). The number of hydrogen-bond acceptors (Lipinski definition) is 3. The van der Waals surface area contributed by atoms with Crippen molar-refractivity contribution in [3.05, 3.63) is 30.6 Å². The van der Waals surface area contributed by atoms with Gasteiger partial charge in [0, 0.05) is 31.6 Å². The summed E-state index contributed by atoms with van der Waals surface area (Å²) in [5.74, 6) is -0.918. The summed E-state index contributed by atoms with van der Waals surface area (Å²) in [4.78, 5) is 10.1. The molecule has 0 unspecified atom stereocenters. The highest BCUT2D eigenvalue weighted by Gasteiger charge is 1.89. The predicted molar refractivity (Wildman–Crippen MR) is 51.9 cm³/mol. The smallest absolute Gasteiger partial charge is 0.328 e. The molecule has 0 amide bonds. The van der Waals surface area contributed by atoms with Gasteiger partial charge < -0.3 is 10.4 Å². The van der Waals surface area contributed by atoms with Crippen LogP contribution in [-0.2, 0) is 11.3 Å². The van der Waals surface area contributed by atoms with Crippen LogP contribution in [-0.4, -0.2) is 33.9 Å². The van der Waals surface area contributed by atoms with Gasteiger partial charge in [-0.2, -0.15) is 5.10 Å². The Bertz CT molecular complexity index is 293. The Morgan fingerprint density at radius 1 is 1.64 bits per heavy atom. The van der Waals surface area contributed by atoms with Crippen molar-refractivity contribution >= 4 is 5.97 Å². The van der Waals surface area contributed by atoms with Gasteiger partial charge >= 0.3 is 5.97 Å². The lowest BCUT2D eigenvalue weighted by Crippen LogP contribution is -2.20. The fraction of sp³-hybridized carbons (Fsp3) is 0.333. The highest BCUT2D eigenvalue weighted by molar-refractivity contribution is 5.79. The van der Waals surface area contributed by atoms with E-state index in [-0.39, 0.29) is 0 Å². The van der Waals surface area contributed by atoms with Crippen molar-refractivity contribution in [2.45, 2.75) is 6.54 Å². The molecule has 1 aromatic heterocycles. The molecule has 1 aromatic rings. The maximum Gasteiger partial charge on any atom is 0.328 e. The van der Waals surface area contributed by atoms with E-state index in [9.17, 15) is 4.79 Å². The predicted octanol–water partition coefficient (Wildman–Crippen LogP) is 0.113. The highest BCUT2D eigenvalue weighted by Crippen LogP contribution is 1.82. The first-order valence-corrected chi connectivity index (χ1v) is 4.36. The highest BCUT2D eigenvalue weighted by atomic mass is 16.4. The van der Waals surface area contributed by atoms with Crippen LogP contribution in [0.25, 0.3) is 0 Å². The summed E-state index contributed by atoms with van der Waals surface area (Å²) in [7, 11) is 0. The lowest BCUT2D eigenvalue weighted by atomic mass is 10.5. The van der Waals surface area contributed by atoms with E-state index in [0.29, 0.717) is 6.54 Å². The molecular weight excluding hydrogens is 182 g/mol.